The predicted octanol–water partition coefficient (Wildman–Crippen LogP) is 1.53. The Labute approximate surface area is 72.8 Å². The van der Waals surface area contributed by atoms with E-state index in [9.17, 15) is 4.79 Å². The number of hydrogen-bond acceptors (Lipinski definition) is 2. The Hall–Kier alpha value is -1.25. The first kappa shape index (κ1) is 10.8. The van der Waals surface area contributed by atoms with E-state index in [1.54, 1.807) is 19.1 Å². The Kier molecular flexibility index (Phi) is 4.84. The van der Waals surface area contributed by atoms with E-state index in [4.69, 9.17) is 5.11 Å². The lowest BCUT2D eigenvalue weighted by atomic mass is 10.2. The molecule has 0 aliphatic rings. The summed E-state index contributed by atoms with van der Waals surface area (Å²) in [6.45, 7) is 5.53. The highest BCUT2D eigenvalue weighted by Crippen LogP contribution is 1.97. The topological polar surface area (TPSA) is 49.3 Å². The first-order chi connectivity index (χ1) is 5.56. The van der Waals surface area contributed by atoms with Gasteiger partial charge in [-0.15, -0.1) is 0 Å². The fourth-order valence-corrected chi connectivity index (χ4v) is 0.651. The van der Waals surface area contributed by atoms with Crippen molar-refractivity contribution in [2.75, 3.05) is 6.54 Å². The van der Waals surface area contributed by atoms with Crippen LogP contribution in [0.5, 0.6) is 0 Å². The molecule has 1 amide bonds. The first-order valence-electron chi connectivity index (χ1n) is 3.83. The van der Waals surface area contributed by atoms with E-state index < -0.39 is 0 Å². The molecule has 0 aromatic heterocycles. The van der Waals surface area contributed by atoms with Crippen LogP contribution < -0.4 is 5.32 Å². The minimum Gasteiger partial charge on any atom is -0.508 e. The number of carbonyl (C=O) groups is 1. The monoisotopic (exact) mass is 169 g/mol. The maximum absolute atomic E-state index is 10.5. The molecule has 0 saturated heterocycles. The van der Waals surface area contributed by atoms with Crippen LogP contribution in [0.4, 0.5) is 0 Å². The fourth-order valence-electron chi connectivity index (χ4n) is 0.651. The first-order valence-corrected chi connectivity index (χ1v) is 3.83. The van der Waals surface area contributed by atoms with Crippen molar-refractivity contribution in [1.82, 2.24) is 5.32 Å². The van der Waals surface area contributed by atoms with E-state index in [-0.39, 0.29) is 11.7 Å². The second-order valence-electron chi connectivity index (χ2n) is 2.61. The summed E-state index contributed by atoms with van der Waals surface area (Å²) >= 11 is 0. The van der Waals surface area contributed by atoms with Crippen molar-refractivity contribution in [3.05, 3.63) is 23.5 Å². The Morgan fingerprint density at radius 1 is 1.50 bits per heavy atom. The summed E-state index contributed by atoms with van der Waals surface area (Å²) in [7, 11) is 0. The molecule has 68 valence electrons. The zero-order valence-electron chi connectivity index (χ0n) is 7.72. The molecule has 0 bridgehead atoms. The third kappa shape index (κ3) is 5.53. The van der Waals surface area contributed by atoms with Crippen molar-refractivity contribution in [2.45, 2.75) is 20.8 Å². The van der Waals surface area contributed by atoms with Crippen molar-refractivity contribution >= 4 is 5.91 Å². The molecular formula is C9H15NO2. The van der Waals surface area contributed by atoms with Crippen LogP contribution in [0, 0.1) is 0 Å². The molecule has 0 unspecified atom stereocenters. The second-order valence-corrected chi connectivity index (χ2v) is 2.61. The van der Waals surface area contributed by atoms with E-state index in [2.05, 4.69) is 5.32 Å². The number of amides is 1. The van der Waals surface area contributed by atoms with Crippen LogP contribution in [0.15, 0.2) is 23.5 Å². The molecule has 0 aromatic rings. The lowest BCUT2D eigenvalue weighted by Gasteiger charge is -2.01. The number of hydrogen-bond donors (Lipinski definition) is 2. The molecule has 0 aliphatic heterocycles. The molecule has 0 aliphatic carbocycles. The molecule has 0 aromatic carbocycles. The minimum atomic E-state index is -0.0669. The van der Waals surface area contributed by atoms with Gasteiger partial charge in [0.1, 0.15) is 5.76 Å². The highest BCUT2D eigenvalue weighted by molar-refractivity contribution is 5.73. The molecule has 3 nitrogen and oxygen atoms in total. The fraction of sp³-hybridized carbons (Fsp3) is 0.444. The van der Waals surface area contributed by atoms with Crippen LogP contribution in [-0.4, -0.2) is 17.6 Å². The molecule has 0 fully saturated rings. The van der Waals surface area contributed by atoms with Gasteiger partial charge in [0.15, 0.2) is 0 Å². The Morgan fingerprint density at radius 3 is 2.50 bits per heavy atom. The summed E-state index contributed by atoms with van der Waals surface area (Å²) in [6.07, 6.45) is 3.22. The van der Waals surface area contributed by atoms with Crippen LogP contribution in [0.2, 0.25) is 0 Å². The van der Waals surface area contributed by atoms with Gasteiger partial charge in [0, 0.05) is 13.5 Å². The molecule has 0 radical (unpaired) electrons. The molecule has 3 heteroatoms. The Bertz CT molecular complexity index is 217. The van der Waals surface area contributed by atoms with Crippen LogP contribution in [0.1, 0.15) is 20.8 Å². The van der Waals surface area contributed by atoms with Gasteiger partial charge < -0.3 is 10.4 Å². The number of nitrogens with one attached hydrogen (secondary N) is 1. The van der Waals surface area contributed by atoms with Crippen molar-refractivity contribution < 1.29 is 9.90 Å². The minimum absolute atomic E-state index is 0.0669. The third-order valence-electron chi connectivity index (χ3n) is 1.31. The largest absolute Gasteiger partial charge is 0.508 e. The summed E-state index contributed by atoms with van der Waals surface area (Å²) in [5, 5.41) is 11.7. The van der Waals surface area contributed by atoms with Gasteiger partial charge in [-0.1, -0.05) is 5.57 Å². The number of allylic oxidation sites excluding steroid dienone is 2. The summed E-state index contributed by atoms with van der Waals surface area (Å²) in [5.74, 6) is 0.153. The van der Waals surface area contributed by atoms with Crippen LogP contribution in [0.25, 0.3) is 0 Å². The zero-order chi connectivity index (χ0) is 9.56. The van der Waals surface area contributed by atoms with Gasteiger partial charge in [-0.2, -0.15) is 0 Å². The van der Waals surface area contributed by atoms with Crippen molar-refractivity contribution in [3.63, 3.8) is 0 Å². The van der Waals surface area contributed by atoms with Crippen LogP contribution >= 0.6 is 0 Å². The smallest absolute Gasteiger partial charge is 0.217 e. The third-order valence-corrected chi connectivity index (χ3v) is 1.31. The number of rotatable bonds is 3. The van der Waals surface area contributed by atoms with Gasteiger partial charge in [-0.25, -0.2) is 0 Å². The summed E-state index contributed by atoms with van der Waals surface area (Å²) < 4.78 is 0. The second kappa shape index (κ2) is 5.41. The average molecular weight is 169 g/mol. The summed E-state index contributed by atoms with van der Waals surface area (Å²) in [6, 6.07) is 0. The maximum atomic E-state index is 10.5. The van der Waals surface area contributed by atoms with Gasteiger partial charge in [-0.3, -0.25) is 4.79 Å². The van der Waals surface area contributed by atoms with E-state index in [0.29, 0.717) is 6.54 Å². The molecule has 0 saturated carbocycles. The quantitative estimate of drug-likeness (QED) is 0.497. The normalized spacial score (nSPS) is 12.9. The average Bonchev–Trinajstić information content (AvgIpc) is 2.00. The van der Waals surface area contributed by atoms with Crippen LogP contribution in [-0.2, 0) is 4.79 Å². The molecule has 0 rings (SSSR count). The van der Waals surface area contributed by atoms with Crippen molar-refractivity contribution in [1.29, 1.82) is 0 Å². The Morgan fingerprint density at radius 2 is 2.08 bits per heavy atom. The molecule has 12 heavy (non-hydrogen) atoms. The molecule has 0 spiro atoms. The van der Waals surface area contributed by atoms with Crippen molar-refractivity contribution in [3.8, 4) is 0 Å². The molecular weight excluding hydrogens is 154 g/mol. The molecule has 2 N–H and O–H groups in total. The lowest BCUT2D eigenvalue weighted by Crippen LogP contribution is -2.21. The number of aliphatic hydroxyl groups is 1. The van der Waals surface area contributed by atoms with E-state index in [0.717, 1.165) is 5.57 Å². The van der Waals surface area contributed by atoms with Crippen molar-refractivity contribution in [2.24, 2.45) is 0 Å². The summed E-state index contributed by atoms with van der Waals surface area (Å²) in [4.78, 5) is 10.5. The summed E-state index contributed by atoms with van der Waals surface area (Å²) in [5.41, 5.74) is 0.917. The highest BCUT2D eigenvalue weighted by Gasteiger charge is 1.92. The maximum Gasteiger partial charge on any atom is 0.217 e. The highest BCUT2D eigenvalue weighted by atomic mass is 16.3. The zero-order valence-corrected chi connectivity index (χ0v) is 7.72. The van der Waals surface area contributed by atoms with E-state index in [1.165, 1.54) is 6.92 Å². The van der Waals surface area contributed by atoms with Gasteiger partial charge in [0.2, 0.25) is 5.91 Å². The van der Waals surface area contributed by atoms with Crippen LogP contribution in [0.3, 0.4) is 0 Å². The van der Waals surface area contributed by atoms with E-state index >= 15 is 0 Å². The van der Waals surface area contributed by atoms with Gasteiger partial charge in [0.05, 0.1) is 0 Å². The standard InChI is InChI=1S/C9H15NO2/c1-4-9(12)5-7(2)6-10-8(3)11/h4-5,12H,6H2,1-3H3,(H,10,11)/b7-5+,9-4+. The predicted molar refractivity (Wildman–Crippen MR) is 48.8 cm³/mol. The SMILES string of the molecule is C/C=C(O)\C=C(/C)CNC(C)=O. The Balaban J connectivity index is 3.94. The number of aliphatic hydroxyl groups excluding tert-OH is 1. The molecule has 0 heterocycles. The molecule has 0 atom stereocenters. The van der Waals surface area contributed by atoms with Gasteiger partial charge >= 0.3 is 0 Å². The lowest BCUT2D eigenvalue weighted by molar-refractivity contribution is -0.118. The van der Waals surface area contributed by atoms with Gasteiger partial charge in [0.25, 0.3) is 0 Å². The van der Waals surface area contributed by atoms with E-state index in [1.807, 2.05) is 6.92 Å². The van der Waals surface area contributed by atoms with Gasteiger partial charge in [-0.05, 0) is 26.0 Å². The number of carbonyl (C=O) groups excluding carboxylic acids is 1.